The number of rotatable bonds is 5. The third-order valence-electron chi connectivity index (χ3n) is 4.52. The second-order valence-corrected chi connectivity index (χ2v) is 6.09. The van der Waals surface area contributed by atoms with Gasteiger partial charge in [-0.3, -0.25) is 9.69 Å². The number of hydrogen-bond acceptors (Lipinski definition) is 5. The summed E-state index contributed by atoms with van der Waals surface area (Å²) in [5, 5.41) is 8.93. The van der Waals surface area contributed by atoms with Crippen LogP contribution in [0.3, 0.4) is 0 Å². The van der Waals surface area contributed by atoms with E-state index in [0.717, 1.165) is 32.5 Å². The standard InChI is InChI=1S/C17H22N2O4/c20-11-8-15-16(21)19(17(22)23-15)14-6-9-18(10-7-14)12-13-4-2-1-3-5-13/h1-5,14-15,20H,6-12H2. The first-order chi connectivity index (χ1) is 11.2. The molecule has 2 aliphatic rings. The molecule has 1 aromatic rings. The molecule has 0 spiro atoms. The highest BCUT2D eigenvalue weighted by Crippen LogP contribution is 2.25. The zero-order valence-electron chi connectivity index (χ0n) is 13.1. The molecule has 2 heterocycles. The largest absolute Gasteiger partial charge is 0.436 e. The molecule has 0 radical (unpaired) electrons. The van der Waals surface area contributed by atoms with Gasteiger partial charge in [0.1, 0.15) is 0 Å². The summed E-state index contributed by atoms with van der Waals surface area (Å²) in [6.07, 6.45) is 0.331. The minimum absolute atomic E-state index is 0.0919. The van der Waals surface area contributed by atoms with Crippen LogP contribution in [0.5, 0.6) is 0 Å². The van der Waals surface area contributed by atoms with Crippen LogP contribution in [0.4, 0.5) is 4.79 Å². The summed E-state index contributed by atoms with van der Waals surface area (Å²) in [6.45, 7) is 2.43. The molecule has 1 unspecified atom stereocenters. The van der Waals surface area contributed by atoms with Crippen molar-refractivity contribution in [3.05, 3.63) is 35.9 Å². The molecule has 6 heteroatoms. The van der Waals surface area contributed by atoms with Crippen LogP contribution in [0.1, 0.15) is 24.8 Å². The molecule has 1 N–H and O–H groups in total. The third kappa shape index (κ3) is 3.54. The highest BCUT2D eigenvalue weighted by Gasteiger charge is 2.44. The topological polar surface area (TPSA) is 70.1 Å². The number of imide groups is 1. The van der Waals surface area contributed by atoms with Crippen LogP contribution in [0.2, 0.25) is 0 Å². The number of aliphatic hydroxyl groups excluding tert-OH is 1. The lowest BCUT2D eigenvalue weighted by Gasteiger charge is -2.34. The Bertz CT molecular complexity index is 555. The first-order valence-electron chi connectivity index (χ1n) is 8.10. The fourth-order valence-electron chi connectivity index (χ4n) is 3.28. The molecule has 0 bridgehead atoms. The molecule has 1 aromatic carbocycles. The number of aliphatic hydroxyl groups is 1. The van der Waals surface area contributed by atoms with Crippen LogP contribution in [0.25, 0.3) is 0 Å². The van der Waals surface area contributed by atoms with Crippen molar-refractivity contribution in [2.45, 2.75) is 38.0 Å². The van der Waals surface area contributed by atoms with Crippen molar-refractivity contribution in [2.75, 3.05) is 19.7 Å². The number of likely N-dealkylation sites (tertiary alicyclic amines) is 1. The van der Waals surface area contributed by atoms with E-state index in [4.69, 9.17) is 9.84 Å². The molecular weight excluding hydrogens is 296 g/mol. The van der Waals surface area contributed by atoms with Gasteiger partial charge in [-0.25, -0.2) is 9.69 Å². The molecule has 2 amide bonds. The normalized spacial score (nSPS) is 23.3. The lowest BCUT2D eigenvalue weighted by atomic mass is 10.0. The van der Waals surface area contributed by atoms with Crippen molar-refractivity contribution >= 4 is 12.0 Å². The van der Waals surface area contributed by atoms with Crippen molar-refractivity contribution in [3.63, 3.8) is 0 Å². The van der Waals surface area contributed by atoms with Crippen LogP contribution >= 0.6 is 0 Å². The summed E-state index contributed by atoms with van der Waals surface area (Å²) in [7, 11) is 0. The minimum Gasteiger partial charge on any atom is -0.436 e. The molecule has 124 valence electrons. The van der Waals surface area contributed by atoms with Gasteiger partial charge in [0.15, 0.2) is 6.10 Å². The Morgan fingerprint density at radius 3 is 2.48 bits per heavy atom. The smallest absolute Gasteiger partial charge is 0.417 e. The van der Waals surface area contributed by atoms with Gasteiger partial charge in [0.25, 0.3) is 5.91 Å². The van der Waals surface area contributed by atoms with E-state index in [1.807, 2.05) is 18.2 Å². The van der Waals surface area contributed by atoms with Crippen LogP contribution in [-0.2, 0) is 16.1 Å². The maximum Gasteiger partial charge on any atom is 0.417 e. The van der Waals surface area contributed by atoms with E-state index in [9.17, 15) is 9.59 Å². The molecule has 2 aliphatic heterocycles. The molecule has 2 fully saturated rings. The Labute approximate surface area is 135 Å². The number of benzene rings is 1. The quantitative estimate of drug-likeness (QED) is 0.888. The Morgan fingerprint density at radius 2 is 1.83 bits per heavy atom. The second kappa shape index (κ2) is 7.10. The molecule has 2 saturated heterocycles. The van der Waals surface area contributed by atoms with Gasteiger partial charge in [-0.1, -0.05) is 30.3 Å². The van der Waals surface area contributed by atoms with E-state index < -0.39 is 12.2 Å². The van der Waals surface area contributed by atoms with Gasteiger partial charge in [0, 0.05) is 38.7 Å². The Hall–Kier alpha value is -1.92. The van der Waals surface area contributed by atoms with Crippen molar-refractivity contribution in [2.24, 2.45) is 0 Å². The summed E-state index contributed by atoms with van der Waals surface area (Å²) in [4.78, 5) is 27.8. The van der Waals surface area contributed by atoms with E-state index >= 15 is 0 Å². The fourth-order valence-corrected chi connectivity index (χ4v) is 3.28. The van der Waals surface area contributed by atoms with E-state index in [2.05, 4.69) is 17.0 Å². The zero-order valence-corrected chi connectivity index (χ0v) is 13.1. The molecule has 23 heavy (non-hydrogen) atoms. The second-order valence-electron chi connectivity index (χ2n) is 6.09. The average Bonchev–Trinajstić information content (AvgIpc) is 2.84. The predicted molar refractivity (Wildman–Crippen MR) is 83.6 cm³/mol. The van der Waals surface area contributed by atoms with E-state index in [-0.39, 0.29) is 25.0 Å². The van der Waals surface area contributed by atoms with Crippen molar-refractivity contribution in [3.8, 4) is 0 Å². The molecule has 0 aliphatic carbocycles. The summed E-state index contributed by atoms with van der Waals surface area (Å²) < 4.78 is 5.07. The molecule has 3 rings (SSSR count). The third-order valence-corrected chi connectivity index (χ3v) is 4.52. The van der Waals surface area contributed by atoms with Gasteiger partial charge >= 0.3 is 6.09 Å². The monoisotopic (exact) mass is 318 g/mol. The molecule has 6 nitrogen and oxygen atoms in total. The van der Waals surface area contributed by atoms with E-state index in [1.54, 1.807) is 0 Å². The number of amides is 2. The lowest BCUT2D eigenvalue weighted by molar-refractivity contribution is -0.132. The number of carbonyl (C=O) groups is 2. The first kappa shape index (κ1) is 16.0. The van der Waals surface area contributed by atoms with E-state index in [0.29, 0.717) is 0 Å². The number of piperidine rings is 1. The molecule has 0 aromatic heterocycles. The highest BCUT2D eigenvalue weighted by atomic mass is 16.6. The average molecular weight is 318 g/mol. The van der Waals surface area contributed by atoms with Crippen LogP contribution in [0.15, 0.2) is 30.3 Å². The summed E-state index contributed by atoms with van der Waals surface area (Å²) in [6, 6.07) is 10.2. The maximum atomic E-state index is 12.2. The molecule has 0 saturated carbocycles. The first-order valence-corrected chi connectivity index (χ1v) is 8.10. The summed E-state index contributed by atoms with van der Waals surface area (Å²) >= 11 is 0. The Balaban J connectivity index is 1.54. The van der Waals surface area contributed by atoms with Gasteiger partial charge < -0.3 is 9.84 Å². The van der Waals surface area contributed by atoms with Gasteiger partial charge in [0.2, 0.25) is 0 Å². The number of cyclic esters (lactones) is 1. The number of carbonyl (C=O) groups excluding carboxylic acids is 2. The Morgan fingerprint density at radius 1 is 1.13 bits per heavy atom. The van der Waals surface area contributed by atoms with Crippen molar-refractivity contribution < 1.29 is 19.4 Å². The lowest BCUT2D eigenvalue weighted by Crippen LogP contribution is -2.47. The summed E-state index contributed by atoms with van der Waals surface area (Å²) in [5.74, 6) is -0.300. The van der Waals surface area contributed by atoms with Crippen molar-refractivity contribution in [1.29, 1.82) is 0 Å². The minimum atomic E-state index is -0.810. The van der Waals surface area contributed by atoms with Gasteiger partial charge in [-0.05, 0) is 18.4 Å². The van der Waals surface area contributed by atoms with E-state index in [1.165, 1.54) is 10.5 Å². The fraction of sp³-hybridized carbons (Fsp3) is 0.529. The van der Waals surface area contributed by atoms with Crippen molar-refractivity contribution in [1.82, 2.24) is 9.80 Å². The number of nitrogens with zero attached hydrogens (tertiary/aromatic N) is 2. The molecular formula is C17H22N2O4. The van der Waals surface area contributed by atoms with Gasteiger partial charge in [0.05, 0.1) is 0 Å². The van der Waals surface area contributed by atoms with Crippen LogP contribution in [0, 0.1) is 0 Å². The van der Waals surface area contributed by atoms with Gasteiger partial charge in [-0.2, -0.15) is 0 Å². The van der Waals surface area contributed by atoms with Crippen LogP contribution in [-0.4, -0.2) is 58.7 Å². The maximum absolute atomic E-state index is 12.2. The molecule has 1 atom stereocenters. The summed E-state index contributed by atoms with van der Waals surface area (Å²) in [5.41, 5.74) is 1.27. The number of hydrogen-bond donors (Lipinski definition) is 1. The SMILES string of the molecule is O=C1OC(CCO)C(=O)N1C1CCN(Cc2ccccc2)CC1. The zero-order chi connectivity index (χ0) is 16.2. The number of ether oxygens (including phenoxy) is 1. The Kier molecular flexibility index (Phi) is 4.93. The van der Waals surface area contributed by atoms with Crippen LogP contribution < -0.4 is 0 Å². The predicted octanol–water partition coefficient (Wildman–Crippen LogP) is 1.38. The van der Waals surface area contributed by atoms with Gasteiger partial charge in [-0.15, -0.1) is 0 Å². The highest BCUT2D eigenvalue weighted by molar-refractivity contribution is 6.00.